The maximum Gasteiger partial charge on any atom is 0.282 e. The minimum Gasteiger partial charge on any atom is -0.325 e. The van der Waals surface area contributed by atoms with Crippen LogP contribution in [-0.2, 0) is 15.0 Å². The quantitative estimate of drug-likeness (QED) is 0.750. The molecule has 1 aromatic rings. The average molecular weight is 449 g/mol. The third kappa shape index (κ3) is 5.37. The highest BCUT2D eigenvalue weighted by molar-refractivity contribution is 7.86. The molecule has 2 heterocycles. The monoisotopic (exact) mass is 448 g/mol. The van der Waals surface area contributed by atoms with Crippen molar-refractivity contribution in [2.45, 2.75) is 19.8 Å². The van der Waals surface area contributed by atoms with Crippen molar-refractivity contribution in [3.8, 4) is 0 Å². The number of amides is 1. The summed E-state index contributed by atoms with van der Waals surface area (Å²) in [6.45, 7) is 5.39. The first-order valence-electron chi connectivity index (χ1n) is 9.48. The molecule has 3 rings (SSSR count). The molecule has 1 aromatic carbocycles. The molecule has 0 radical (unpaired) electrons. The van der Waals surface area contributed by atoms with Crippen LogP contribution in [0.1, 0.15) is 19.8 Å². The third-order valence-electron chi connectivity index (χ3n) is 5.30. The lowest BCUT2D eigenvalue weighted by Crippen LogP contribution is -2.55. The Morgan fingerprint density at radius 3 is 2.25 bits per heavy atom. The van der Waals surface area contributed by atoms with Crippen LogP contribution in [0.15, 0.2) is 18.2 Å². The van der Waals surface area contributed by atoms with Crippen molar-refractivity contribution in [1.82, 2.24) is 13.5 Å². The van der Waals surface area contributed by atoms with E-state index in [0.29, 0.717) is 60.9 Å². The fourth-order valence-electron chi connectivity index (χ4n) is 3.47. The number of hydrogen-bond acceptors (Lipinski definition) is 4. The first kappa shape index (κ1) is 21.8. The molecular formula is C18H26Cl2N4O3S. The minimum atomic E-state index is -3.41. The van der Waals surface area contributed by atoms with Crippen molar-refractivity contribution in [2.75, 3.05) is 51.1 Å². The number of benzene rings is 1. The van der Waals surface area contributed by atoms with Gasteiger partial charge in [0.15, 0.2) is 0 Å². The molecule has 1 amide bonds. The smallest absolute Gasteiger partial charge is 0.282 e. The zero-order chi connectivity index (χ0) is 20.3. The summed E-state index contributed by atoms with van der Waals surface area (Å²) >= 11 is 11.8. The summed E-state index contributed by atoms with van der Waals surface area (Å²) in [5, 5.41) is 3.60. The molecule has 0 atom stereocenters. The SMILES string of the molecule is CC1CCN(S(=O)(=O)N2CCN(CC(=O)Nc3ccc(Cl)c(Cl)c3)CC2)CC1. The number of anilines is 1. The zero-order valence-electron chi connectivity index (χ0n) is 15.9. The second-order valence-electron chi connectivity index (χ2n) is 7.44. The largest absolute Gasteiger partial charge is 0.325 e. The van der Waals surface area contributed by atoms with Gasteiger partial charge in [-0.15, -0.1) is 0 Å². The van der Waals surface area contributed by atoms with E-state index in [1.165, 1.54) is 4.31 Å². The van der Waals surface area contributed by atoms with Gasteiger partial charge >= 0.3 is 0 Å². The number of nitrogens with zero attached hydrogens (tertiary/aromatic N) is 3. The van der Waals surface area contributed by atoms with E-state index >= 15 is 0 Å². The Morgan fingerprint density at radius 2 is 1.64 bits per heavy atom. The Kier molecular flexibility index (Phi) is 7.22. The third-order valence-corrected chi connectivity index (χ3v) is 8.07. The van der Waals surface area contributed by atoms with Crippen molar-refractivity contribution in [2.24, 2.45) is 5.92 Å². The fraction of sp³-hybridized carbons (Fsp3) is 0.611. The molecule has 0 saturated carbocycles. The Bertz CT molecular complexity index is 805. The van der Waals surface area contributed by atoms with Gasteiger partial charge in [-0.3, -0.25) is 9.69 Å². The second kappa shape index (κ2) is 9.28. The van der Waals surface area contributed by atoms with E-state index in [1.807, 2.05) is 4.90 Å². The molecule has 0 aliphatic carbocycles. The Morgan fingerprint density at radius 1 is 1.04 bits per heavy atom. The van der Waals surface area contributed by atoms with E-state index in [1.54, 1.807) is 22.5 Å². The van der Waals surface area contributed by atoms with Crippen LogP contribution in [0.4, 0.5) is 5.69 Å². The highest BCUT2D eigenvalue weighted by Gasteiger charge is 2.34. The van der Waals surface area contributed by atoms with Gasteiger partial charge in [0.25, 0.3) is 10.2 Å². The molecule has 0 unspecified atom stereocenters. The molecule has 10 heteroatoms. The van der Waals surface area contributed by atoms with Gasteiger partial charge in [0.1, 0.15) is 0 Å². The summed E-state index contributed by atoms with van der Waals surface area (Å²) in [6.07, 6.45) is 1.82. The number of piperazine rings is 1. The minimum absolute atomic E-state index is 0.167. The van der Waals surface area contributed by atoms with E-state index in [9.17, 15) is 13.2 Å². The van der Waals surface area contributed by atoms with Gasteiger partial charge in [0.2, 0.25) is 5.91 Å². The predicted octanol–water partition coefficient (Wildman–Crippen LogP) is 2.53. The van der Waals surface area contributed by atoms with Gasteiger partial charge in [-0.05, 0) is 37.0 Å². The van der Waals surface area contributed by atoms with Gasteiger partial charge < -0.3 is 5.32 Å². The van der Waals surface area contributed by atoms with Gasteiger partial charge in [0, 0.05) is 45.0 Å². The summed E-state index contributed by atoms with van der Waals surface area (Å²) in [6, 6.07) is 4.92. The number of carbonyl (C=O) groups excluding carboxylic acids is 1. The van der Waals surface area contributed by atoms with Gasteiger partial charge in [-0.2, -0.15) is 17.0 Å². The van der Waals surface area contributed by atoms with Crippen LogP contribution in [0.25, 0.3) is 0 Å². The van der Waals surface area contributed by atoms with Crippen LogP contribution in [0.2, 0.25) is 10.0 Å². The van der Waals surface area contributed by atoms with Gasteiger partial charge in [-0.1, -0.05) is 30.1 Å². The van der Waals surface area contributed by atoms with E-state index in [-0.39, 0.29) is 12.5 Å². The molecule has 2 fully saturated rings. The molecule has 156 valence electrons. The van der Waals surface area contributed by atoms with Gasteiger partial charge in [-0.25, -0.2) is 0 Å². The molecule has 0 bridgehead atoms. The van der Waals surface area contributed by atoms with Crippen molar-refractivity contribution in [1.29, 1.82) is 0 Å². The van der Waals surface area contributed by atoms with Crippen LogP contribution < -0.4 is 5.32 Å². The number of halogens is 2. The Hall–Kier alpha value is -0.900. The van der Waals surface area contributed by atoms with E-state index in [2.05, 4.69) is 12.2 Å². The Balaban J connectivity index is 1.48. The highest BCUT2D eigenvalue weighted by atomic mass is 35.5. The first-order valence-corrected chi connectivity index (χ1v) is 11.6. The number of piperidine rings is 1. The molecule has 2 saturated heterocycles. The molecule has 2 aliphatic rings. The molecule has 2 aliphatic heterocycles. The predicted molar refractivity (Wildman–Crippen MR) is 112 cm³/mol. The maximum absolute atomic E-state index is 12.8. The van der Waals surface area contributed by atoms with Crippen molar-refractivity contribution < 1.29 is 13.2 Å². The van der Waals surface area contributed by atoms with E-state index < -0.39 is 10.2 Å². The number of nitrogens with one attached hydrogen (secondary N) is 1. The van der Waals surface area contributed by atoms with Crippen molar-refractivity contribution >= 4 is 45.0 Å². The normalized spacial score (nSPS) is 21.0. The van der Waals surface area contributed by atoms with Gasteiger partial charge in [0.05, 0.1) is 16.6 Å². The van der Waals surface area contributed by atoms with Crippen LogP contribution in [0, 0.1) is 5.92 Å². The summed E-state index contributed by atoms with van der Waals surface area (Å²) < 4.78 is 28.8. The summed E-state index contributed by atoms with van der Waals surface area (Å²) in [7, 11) is -3.41. The fourth-order valence-corrected chi connectivity index (χ4v) is 5.40. The van der Waals surface area contributed by atoms with Crippen LogP contribution in [0.5, 0.6) is 0 Å². The maximum atomic E-state index is 12.8. The standard InChI is InChI=1S/C18H26Cl2N4O3S/c1-14-4-6-23(7-5-14)28(26,27)24-10-8-22(9-11-24)13-18(25)21-15-2-3-16(19)17(20)12-15/h2-3,12,14H,4-11,13H2,1H3,(H,21,25). The van der Waals surface area contributed by atoms with E-state index in [0.717, 1.165) is 12.8 Å². The molecule has 0 aromatic heterocycles. The lowest BCUT2D eigenvalue weighted by molar-refractivity contribution is -0.117. The van der Waals surface area contributed by atoms with E-state index in [4.69, 9.17) is 23.2 Å². The second-order valence-corrected chi connectivity index (χ2v) is 10.2. The molecule has 28 heavy (non-hydrogen) atoms. The molecular weight excluding hydrogens is 423 g/mol. The van der Waals surface area contributed by atoms with Crippen molar-refractivity contribution in [3.05, 3.63) is 28.2 Å². The number of hydrogen-bond donors (Lipinski definition) is 1. The topological polar surface area (TPSA) is 73.0 Å². The summed E-state index contributed by atoms with van der Waals surface area (Å²) in [4.78, 5) is 14.2. The number of rotatable bonds is 5. The number of carbonyl (C=O) groups is 1. The van der Waals surface area contributed by atoms with Crippen molar-refractivity contribution in [3.63, 3.8) is 0 Å². The van der Waals surface area contributed by atoms with Crippen LogP contribution >= 0.6 is 23.2 Å². The average Bonchev–Trinajstić information content (AvgIpc) is 2.65. The lowest BCUT2D eigenvalue weighted by Gasteiger charge is -2.38. The zero-order valence-corrected chi connectivity index (χ0v) is 18.2. The highest BCUT2D eigenvalue weighted by Crippen LogP contribution is 2.25. The molecule has 1 N–H and O–H groups in total. The Labute approximate surface area is 176 Å². The van der Waals surface area contributed by atoms with Crippen LogP contribution in [-0.4, -0.2) is 73.6 Å². The first-order chi connectivity index (χ1) is 13.3. The molecule has 7 nitrogen and oxygen atoms in total. The summed E-state index contributed by atoms with van der Waals surface area (Å²) in [5.41, 5.74) is 0.583. The summed E-state index contributed by atoms with van der Waals surface area (Å²) in [5.74, 6) is 0.414. The lowest BCUT2D eigenvalue weighted by atomic mass is 10.0. The molecule has 0 spiro atoms. The van der Waals surface area contributed by atoms with Crippen LogP contribution in [0.3, 0.4) is 0 Å².